The minimum absolute atomic E-state index is 0.257. The first-order valence-electron chi connectivity index (χ1n) is 7.03. The van der Waals surface area contributed by atoms with Gasteiger partial charge < -0.3 is 9.47 Å². The van der Waals surface area contributed by atoms with Crippen LogP contribution in [0.3, 0.4) is 0 Å². The van der Waals surface area contributed by atoms with Crippen LogP contribution >= 0.6 is 23.2 Å². The summed E-state index contributed by atoms with van der Waals surface area (Å²) in [5.41, 5.74) is 1.33. The van der Waals surface area contributed by atoms with Gasteiger partial charge in [0.15, 0.2) is 0 Å². The van der Waals surface area contributed by atoms with Crippen LogP contribution < -0.4 is 4.74 Å². The van der Waals surface area contributed by atoms with Gasteiger partial charge in [-0.2, -0.15) is 0 Å². The summed E-state index contributed by atoms with van der Waals surface area (Å²) in [6.45, 7) is 4.10. The van der Waals surface area contributed by atoms with Gasteiger partial charge in [-0.15, -0.1) is 0 Å². The zero-order valence-electron chi connectivity index (χ0n) is 11.9. The normalized spacial score (nSPS) is 10.3. The molecule has 0 aliphatic carbocycles. The third kappa shape index (κ3) is 8.47. The first-order chi connectivity index (χ1) is 9.72. The molecule has 0 aliphatic rings. The Kier molecular flexibility index (Phi) is 9.56. The molecule has 0 heterocycles. The highest BCUT2D eigenvalue weighted by Crippen LogP contribution is 2.13. The van der Waals surface area contributed by atoms with Crippen molar-refractivity contribution in [3.05, 3.63) is 40.4 Å². The highest BCUT2D eigenvalue weighted by atomic mass is 35.5. The number of ether oxygens (including phenoxy) is 2. The second-order valence-electron chi connectivity index (χ2n) is 4.48. The molecular weight excluding hydrogens is 295 g/mol. The summed E-state index contributed by atoms with van der Waals surface area (Å²) in [7, 11) is 0. The average Bonchev–Trinajstić information content (AvgIpc) is 2.46. The molecule has 0 aromatic heterocycles. The van der Waals surface area contributed by atoms with Gasteiger partial charge in [0.2, 0.25) is 0 Å². The summed E-state index contributed by atoms with van der Waals surface area (Å²) in [6, 6.07) is 8.28. The fourth-order valence-corrected chi connectivity index (χ4v) is 1.83. The maximum atomic E-state index is 5.68. The SMILES string of the molecule is CCc1ccc(OCCCCCOCC=C(Cl)Cl)cc1. The monoisotopic (exact) mass is 316 g/mol. The lowest BCUT2D eigenvalue weighted by molar-refractivity contribution is 0.155. The highest BCUT2D eigenvalue weighted by molar-refractivity contribution is 6.55. The molecule has 0 amide bonds. The Labute approximate surface area is 131 Å². The lowest BCUT2D eigenvalue weighted by atomic mass is 10.2. The Morgan fingerprint density at radius 3 is 2.40 bits per heavy atom. The van der Waals surface area contributed by atoms with E-state index >= 15 is 0 Å². The Hall–Kier alpha value is -0.700. The standard InChI is InChI=1S/C16H22Cl2O2/c1-2-14-6-8-15(9-7-14)20-12-5-3-4-11-19-13-10-16(17)18/h6-10H,2-5,11-13H2,1H3. The van der Waals surface area contributed by atoms with Gasteiger partial charge in [0, 0.05) is 6.61 Å². The molecule has 0 unspecified atom stereocenters. The summed E-state index contributed by atoms with van der Waals surface area (Å²) in [4.78, 5) is 0. The smallest absolute Gasteiger partial charge is 0.119 e. The van der Waals surface area contributed by atoms with Gasteiger partial charge in [-0.1, -0.05) is 42.3 Å². The molecule has 0 radical (unpaired) electrons. The summed E-state index contributed by atoms with van der Waals surface area (Å²) in [5.74, 6) is 0.945. The number of hydrogen-bond donors (Lipinski definition) is 0. The molecule has 1 rings (SSSR count). The Morgan fingerprint density at radius 1 is 1.05 bits per heavy atom. The van der Waals surface area contributed by atoms with Crippen LogP contribution in [0.15, 0.2) is 34.8 Å². The molecule has 0 saturated heterocycles. The van der Waals surface area contributed by atoms with E-state index in [-0.39, 0.29) is 4.49 Å². The molecular formula is C16H22Cl2O2. The second-order valence-corrected chi connectivity index (χ2v) is 5.48. The maximum Gasteiger partial charge on any atom is 0.119 e. The van der Waals surface area contributed by atoms with Gasteiger partial charge >= 0.3 is 0 Å². The van der Waals surface area contributed by atoms with E-state index in [0.29, 0.717) is 6.61 Å². The molecule has 112 valence electrons. The van der Waals surface area contributed by atoms with Crippen molar-refractivity contribution in [2.24, 2.45) is 0 Å². The predicted octanol–water partition coefficient (Wildman–Crippen LogP) is 5.13. The molecule has 1 aromatic rings. The number of rotatable bonds is 10. The van der Waals surface area contributed by atoms with Crippen molar-refractivity contribution < 1.29 is 9.47 Å². The summed E-state index contributed by atoms with van der Waals surface area (Å²) < 4.78 is 11.3. The molecule has 0 spiro atoms. The van der Waals surface area contributed by atoms with Gasteiger partial charge in [-0.05, 0) is 49.5 Å². The highest BCUT2D eigenvalue weighted by Gasteiger charge is 1.95. The topological polar surface area (TPSA) is 18.5 Å². The van der Waals surface area contributed by atoms with Crippen LogP contribution in [0.1, 0.15) is 31.7 Å². The van der Waals surface area contributed by atoms with Gasteiger partial charge in [-0.25, -0.2) is 0 Å². The molecule has 1 aromatic carbocycles. The summed E-state index contributed by atoms with van der Waals surface area (Å²) >= 11 is 10.9. The molecule has 0 fully saturated rings. The van der Waals surface area contributed by atoms with Gasteiger partial charge in [0.05, 0.1) is 13.2 Å². The number of halogens is 2. The van der Waals surface area contributed by atoms with E-state index < -0.39 is 0 Å². The van der Waals surface area contributed by atoms with E-state index in [1.165, 1.54) is 5.56 Å². The van der Waals surface area contributed by atoms with Crippen LogP contribution in [-0.4, -0.2) is 19.8 Å². The Morgan fingerprint density at radius 2 is 1.75 bits per heavy atom. The van der Waals surface area contributed by atoms with Crippen molar-refractivity contribution in [1.82, 2.24) is 0 Å². The van der Waals surface area contributed by atoms with Crippen molar-refractivity contribution in [2.45, 2.75) is 32.6 Å². The molecule has 0 saturated carbocycles. The third-order valence-electron chi connectivity index (χ3n) is 2.89. The van der Waals surface area contributed by atoms with E-state index in [0.717, 1.165) is 44.6 Å². The van der Waals surface area contributed by atoms with E-state index in [2.05, 4.69) is 19.1 Å². The largest absolute Gasteiger partial charge is 0.494 e. The minimum Gasteiger partial charge on any atom is -0.494 e. The van der Waals surface area contributed by atoms with Gasteiger partial charge in [0.1, 0.15) is 10.2 Å². The molecule has 2 nitrogen and oxygen atoms in total. The molecule has 0 bridgehead atoms. The zero-order valence-corrected chi connectivity index (χ0v) is 13.4. The third-order valence-corrected chi connectivity index (χ3v) is 3.20. The summed E-state index contributed by atoms with van der Waals surface area (Å²) in [6.07, 6.45) is 5.85. The predicted molar refractivity (Wildman–Crippen MR) is 85.8 cm³/mol. The van der Waals surface area contributed by atoms with E-state index in [1.807, 2.05) is 12.1 Å². The Bertz CT molecular complexity index is 384. The molecule has 4 heteroatoms. The Balaban J connectivity index is 1.97. The van der Waals surface area contributed by atoms with Crippen molar-refractivity contribution in [3.63, 3.8) is 0 Å². The van der Waals surface area contributed by atoms with Crippen molar-refractivity contribution in [2.75, 3.05) is 19.8 Å². The van der Waals surface area contributed by atoms with Gasteiger partial charge in [-0.3, -0.25) is 0 Å². The van der Waals surface area contributed by atoms with Crippen molar-refractivity contribution in [1.29, 1.82) is 0 Å². The molecule has 20 heavy (non-hydrogen) atoms. The number of aryl methyl sites for hydroxylation is 1. The molecule has 0 atom stereocenters. The second kappa shape index (κ2) is 11.0. The van der Waals surface area contributed by atoms with Crippen molar-refractivity contribution >= 4 is 23.2 Å². The minimum atomic E-state index is 0.257. The maximum absolute atomic E-state index is 5.68. The number of unbranched alkanes of at least 4 members (excludes halogenated alkanes) is 2. The van der Waals surface area contributed by atoms with Crippen LogP contribution in [0.5, 0.6) is 5.75 Å². The fraction of sp³-hybridized carbons (Fsp3) is 0.500. The zero-order chi connectivity index (χ0) is 14.6. The summed E-state index contributed by atoms with van der Waals surface area (Å²) in [5, 5.41) is 0. The number of hydrogen-bond acceptors (Lipinski definition) is 2. The van der Waals surface area contributed by atoms with E-state index in [9.17, 15) is 0 Å². The lowest BCUT2D eigenvalue weighted by Gasteiger charge is -2.07. The van der Waals surface area contributed by atoms with Crippen LogP contribution in [0, 0.1) is 0 Å². The van der Waals surface area contributed by atoms with Crippen LogP contribution in [0.2, 0.25) is 0 Å². The van der Waals surface area contributed by atoms with Crippen LogP contribution in [-0.2, 0) is 11.2 Å². The average molecular weight is 317 g/mol. The number of benzene rings is 1. The quantitative estimate of drug-likeness (QED) is 0.557. The van der Waals surface area contributed by atoms with Gasteiger partial charge in [0.25, 0.3) is 0 Å². The first kappa shape index (κ1) is 17.4. The molecule has 0 aliphatic heterocycles. The van der Waals surface area contributed by atoms with Crippen LogP contribution in [0.25, 0.3) is 0 Å². The first-order valence-corrected chi connectivity index (χ1v) is 7.78. The fourth-order valence-electron chi connectivity index (χ4n) is 1.70. The van der Waals surface area contributed by atoms with Crippen molar-refractivity contribution in [3.8, 4) is 5.75 Å². The van der Waals surface area contributed by atoms with E-state index in [4.69, 9.17) is 32.7 Å². The van der Waals surface area contributed by atoms with Crippen LogP contribution in [0.4, 0.5) is 0 Å². The van der Waals surface area contributed by atoms with E-state index in [1.54, 1.807) is 6.08 Å². The lowest BCUT2D eigenvalue weighted by Crippen LogP contribution is -1.99. The molecule has 0 N–H and O–H groups in total.